The molecule has 0 atom stereocenters. The Kier molecular flexibility index (Phi) is 4.86. The smallest absolute Gasteiger partial charge is 0.129 e. The van der Waals surface area contributed by atoms with Crippen LogP contribution in [0, 0.1) is 5.41 Å². The second-order valence-electron chi connectivity index (χ2n) is 8.05. The normalized spacial score (nSPS) is 17.1. The Labute approximate surface area is 176 Å². The number of nitrogens with two attached hydrogens (primary N) is 1. The van der Waals surface area contributed by atoms with Crippen LogP contribution in [-0.4, -0.2) is 39.7 Å². The van der Waals surface area contributed by atoms with Crippen molar-refractivity contribution >= 4 is 17.2 Å². The zero-order valence-electron chi connectivity index (χ0n) is 16.9. The molecule has 0 spiro atoms. The largest absolute Gasteiger partial charge is 0.490 e. The van der Waals surface area contributed by atoms with Gasteiger partial charge >= 0.3 is 0 Å². The number of rotatable bonds is 6. The minimum Gasteiger partial charge on any atom is -0.490 e. The SMILES string of the molecule is N=C(c1ccnc(N2CCC(n3cccn3)CC2)c1)c1cc(OC2CC2)ccc1N. The fourth-order valence-electron chi connectivity index (χ4n) is 3.96. The number of ether oxygens (including phenoxy) is 1. The van der Waals surface area contributed by atoms with Crippen molar-refractivity contribution in [1.29, 1.82) is 5.41 Å². The molecule has 5 rings (SSSR count). The van der Waals surface area contributed by atoms with E-state index >= 15 is 0 Å². The summed E-state index contributed by atoms with van der Waals surface area (Å²) in [5.41, 5.74) is 8.67. The maximum absolute atomic E-state index is 8.75. The molecule has 30 heavy (non-hydrogen) atoms. The highest BCUT2D eigenvalue weighted by Crippen LogP contribution is 2.30. The number of anilines is 2. The van der Waals surface area contributed by atoms with Gasteiger partial charge in [0.05, 0.1) is 17.9 Å². The molecule has 0 bridgehead atoms. The second-order valence-corrected chi connectivity index (χ2v) is 8.05. The molecule has 1 saturated carbocycles. The number of nitrogen functional groups attached to an aromatic ring is 1. The molecule has 7 nitrogen and oxygen atoms in total. The molecule has 1 aliphatic carbocycles. The van der Waals surface area contributed by atoms with E-state index in [4.69, 9.17) is 15.9 Å². The van der Waals surface area contributed by atoms with Crippen LogP contribution in [0.15, 0.2) is 55.0 Å². The number of benzene rings is 1. The van der Waals surface area contributed by atoms with Crippen molar-refractivity contribution in [3.63, 3.8) is 0 Å². The van der Waals surface area contributed by atoms with Crippen molar-refractivity contribution in [3.05, 3.63) is 66.1 Å². The number of hydrogen-bond acceptors (Lipinski definition) is 6. The first-order valence-electron chi connectivity index (χ1n) is 10.5. The monoisotopic (exact) mass is 402 g/mol. The molecule has 2 fully saturated rings. The molecule has 1 saturated heterocycles. The summed E-state index contributed by atoms with van der Waals surface area (Å²) in [5, 5.41) is 13.1. The third-order valence-electron chi connectivity index (χ3n) is 5.84. The zero-order valence-corrected chi connectivity index (χ0v) is 16.9. The predicted molar refractivity (Wildman–Crippen MR) is 117 cm³/mol. The number of piperidine rings is 1. The van der Waals surface area contributed by atoms with Crippen molar-refractivity contribution < 1.29 is 4.74 Å². The Balaban J connectivity index is 1.32. The highest BCUT2D eigenvalue weighted by atomic mass is 16.5. The highest BCUT2D eigenvalue weighted by Gasteiger charge is 2.24. The van der Waals surface area contributed by atoms with Crippen LogP contribution in [0.4, 0.5) is 11.5 Å². The Morgan fingerprint density at radius 1 is 1.07 bits per heavy atom. The molecular weight excluding hydrogens is 376 g/mol. The van der Waals surface area contributed by atoms with Crippen LogP contribution in [-0.2, 0) is 0 Å². The van der Waals surface area contributed by atoms with Gasteiger partial charge in [-0.3, -0.25) is 10.1 Å². The summed E-state index contributed by atoms with van der Waals surface area (Å²) < 4.78 is 7.94. The van der Waals surface area contributed by atoms with Gasteiger partial charge in [-0.2, -0.15) is 5.10 Å². The highest BCUT2D eigenvalue weighted by molar-refractivity contribution is 6.14. The molecule has 7 heteroatoms. The average molecular weight is 403 g/mol. The van der Waals surface area contributed by atoms with Gasteiger partial charge in [-0.15, -0.1) is 0 Å². The molecule has 0 unspecified atom stereocenters. The second kappa shape index (κ2) is 7.82. The molecule has 1 aliphatic heterocycles. The first kappa shape index (κ1) is 18.7. The van der Waals surface area contributed by atoms with Crippen LogP contribution < -0.4 is 15.4 Å². The van der Waals surface area contributed by atoms with Gasteiger partial charge in [-0.25, -0.2) is 4.98 Å². The van der Waals surface area contributed by atoms with Crippen LogP contribution in [0.1, 0.15) is 42.9 Å². The maximum Gasteiger partial charge on any atom is 0.129 e. The molecule has 3 heterocycles. The topological polar surface area (TPSA) is 93.0 Å². The first-order chi connectivity index (χ1) is 14.7. The number of nitrogens with zero attached hydrogens (tertiary/aromatic N) is 4. The lowest BCUT2D eigenvalue weighted by molar-refractivity contribution is 0.303. The van der Waals surface area contributed by atoms with Gasteiger partial charge in [-0.05, 0) is 62.1 Å². The van der Waals surface area contributed by atoms with E-state index in [1.807, 2.05) is 48.8 Å². The van der Waals surface area contributed by atoms with Crippen molar-refractivity contribution in [1.82, 2.24) is 14.8 Å². The van der Waals surface area contributed by atoms with Crippen molar-refractivity contribution in [3.8, 4) is 5.75 Å². The fourth-order valence-corrected chi connectivity index (χ4v) is 3.96. The Hall–Kier alpha value is -3.35. The van der Waals surface area contributed by atoms with Gasteiger partial charge in [0.25, 0.3) is 0 Å². The van der Waals surface area contributed by atoms with Crippen LogP contribution in [0.3, 0.4) is 0 Å². The Morgan fingerprint density at radius 2 is 1.90 bits per heavy atom. The van der Waals surface area contributed by atoms with Gasteiger partial charge in [0.2, 0.25) is 0 Å². The Morgan fingerprint density at radius 3 is 2.63 bits per heavy atom. The quantitative estimate of drug-likeness (QED) is 0.485. The van der Waals surface area contributed by atoms with E-state index in [-0.39, 0.29) is 0 Å². The van der Waals surface area contributed by atoms with E-state index in [1.165, 1.54) is 0 Å². The number of pyridine rings is 1. The van der Waals surface area contributed by atoms with E-state index < -0.39 is 0 Å². The lowest BCUT2D eigenvalue weighted by Gasteiger charge is -2.33. The summed E-state index contributed by atoms with van der Waals surface area (Å²) >= 11 is 0. The third-order valence-corrected chi connectivity index (χ3v) is 5.84. The van der Waals surface area contributed by atoms with Crippen LogP contribution in [0.5, 0.6) is 5.75 Å². The minimum absolute atomic E-state index is 0.313. The van der Waals surface area contributed by atoms with Crippen molar-refractivity contribution in [2.24, 2.45) is 0 Å². The van der Waals surface area contributed by atoms with Gasteiger partial charge in [0, 0.05) is 48.5 Å². The zero-order chi connectivity index (χ0) is 20.5. The summed E-state index contributed by atoms with van der Waals surface area (Å²) in [5.74, 6) is 1.68. The number of aromatic nitrogens is 3. The summed E-state index contributed by atoms with van der Waals surface area (Å²) in [6.45, 7) is 1.84. The predicted octanol–water partition coefficient (Wildman–Crippen LogP) is 3.66. The average Bonchev–Trinajstić information content (AvgIpc) is 3.43. The number of nitrogens with one attached hydrogen (secondary N) is 1. The van der Waals surface area contributed by atoms with Crippen LogP contribution in [0.2, 0.25) is 0 Å². The standard InChI is InChI=1S/C23H26N6O/c24-21-5-4-19(30-18-2-3-18)15-20(21)23(25)16-6-10-26-22(14-16)28-12-7-17(8-13-28)29-11-1-9-27-29/h1,4-6,9-11,14-15,17-18,25H,2-3,7-8,12-13,24H2. The van der Waals surface area contributed by atoms with Crippen LogP contribution >= 0.6 is 0 Å². The molecule has 3 N–H and O–H groups in total. The molecule has 154 valence electrons. The van der Waals surface area contributed by atoms with E-state index in [0.717, 1.165) is 55.9 Å². The van der Waals surface area contributed by atoms with Crippen LogP contribution in [0.25, 0.3) is 0 Å². The van der Waals surface area contributed by atoms with Crippen molar-refractivity contribution in [2.75, 3.05) is 23.7 Å². The first-order valence-corrected chi connectivity index (χ1v) is 10.5. The summed E-state index contributed by atoms with van der Waals surface area (Å²) in [4.78, 5) is 6.85. The minimum atomic E-state index is 0.313. The third kappa shape index (κ3) is 3.87. The van der Waals surface area contributed by atoms with Gasteiger partial charge in [0.15, 0.2) is 0 Å². The van der Waals surface area contributed by atoms with E-state index in [0.29, 0.717) is 29.1 Å². The molecular formula is C23H26N6O. The maximum atomic E-state index is 8.75. The molecule has 0 amide bonds. The molecule has 2 aromatic heterocycles. The molecule has 0 radical (unpaired) electrons. The van der Waals surface area contributed by atoms with Gasteiger partial charge < -0.3 is 15.4 Å². The summed E-state index contributed by atoms with van der Waals surface area (Å²) in [7, 11) is 0. The number of hydrogen-bond donors (Lipinski definition) is 2. The summed E-state index contributed by atoms with van der Waals surface area (Å²) in [6.07, 6.45) is 10.2. The lowest BCUT2D eigenvalue weighted by Crippen LogP contribution is -2.35. The van der Waals surface area contributed by atoms with Crippen molar-refractivity contribution in [2.45, 2.75) is 37.8 Å². The van der Waals surface area contributed by atoms with Gasteiger partial charge in [-0.1, -0.05) is 0 Å². The summed E-state index contributed by atoms with van der Waals surface area (Å²) in [6, 6.07) is 11.9. The molecule has 1 aromatic carbocycles. The molecule has 3 aromatic rings. The fraction of sp³-hybridized carbons (Fsp3) is 0.348. The lowest BCUT2D eigenvalue weighted by atomic mass is 10.0. The molecule has 2 aliphatic rings. The van der Waals surface area contributed by atoms with E-state index in [9.17, 15) is 0 Å². The van der Waals surface area contributed by atoms with Gasteiger partial charge in [0.1, 0.15) is 11.6 Å². The van der Waals surface area contributed by atoms with E-state index in [2.05, 4.69) is 19.7 Å². The van der Waals surface area contributed by atoms with E-state index in [1.54, 1.807) is 6.20 Å². The Bertz CT molecular complexity index is 1040.